The fraction of sp³-hybridized carbons (Fsp3) is 0.850. The van der Waals surface area contributed by atoms with Gasteiger partial charge < -0.3 is 19.9 Å². The van der Waals surface area contributed by atoms with Crippen LogP contribution in [-0.2, 0) is 17.7 Å². The highest BCUT2D eigenvalue weighted by Gasteiger charge is 2.20. The number of unbranched alkanes of at least 4 members (excludes halogenated alkanes) is 1. The third-order valence-corrected chi connectivity index (χ3v) is 4.78. The summed E-state index contributed by atoms with van der Waals surface area (Å²) in [5.41, 5.74) is 0. The van der Waals surface area contributed by atoms with Crippen LogP contribution < -0.4 is 10.6 Å². The topological polar surface area (TPSA) is 79.6 Å². The number of aliphatic imine (C=N–C) groups is 1. The van der Waals surface area contributed by atoms with Gasteiger partial charge in [-0.25, -0.2) is 0 Å². The molecule has 1 aromatic rings. The highest BCUT2D eigenvalue weighted by atomic mass is 127. The molecular weight excluding hydrogens is 481 g/mol. The van der Waals surface area contributed by atoms with E-state index in [2.05, 4.69) is 58.0 Å². The van der Waals surface area contributed by atoms with E-state index in [1.165, 1.54) is 0 Å². The zero-order valence-electron chi connectivity index (χ0n) is 18.6. The Balaban J connectivity index is 0.00000420. The number of rotatable bonds is 11. The zero-order chi connectivity index (χ0) is 20.2. The quantitative estimate of drug-likeness (QED) is 0.201. The second kappa shape index (κ2) is 15.0. The van der Waals surface area contributed by atoms with Crippen molar-refractivity contribution >= 4 is 29.9 Å². The maximum absolute atomic E-state index is 5.93. The Morgan fingerprint density at radius 3 is 2.83 bits per heavy atom. The lowest BCUT2D eigenvalue weighted by Gasteiger charge is -2.33. The first-order valence-corrected chi connectivity index (χ1v) is 10.8. The summed E-state index contributed by atoms with van der Waals surface area (Å²) < 4.78 is 8.02. The number of aryl methyl sites for hydroxylation is 1. The van der Waals surface area contributed by atoms with E-state index < -0.39 is 0 Å². The Bertz CT molecular complexity index is 579. The molecule has 9 heteroatoms. The maximum Gasteiger partial charge on any atom is 0.191 e. The molecule has 29 heavy (non-hydrogen) atoms. The number of ether oxygens (including phenoxy) is 1. The minimum absolute atomic E-state index is 0. The van der Waals surface area contributed by atoms with Crippen molar-refractivity contribution in [2.24, 2.45) is 10.9 Å². The van der Waals surface area contributed by atoms with Crippen LogP contribution in [0.15, 0.2) is 11.3 Å². The number of aromatic nitrogens is 3. The molecule has 168 valence electrons. The molecule has 1 saturated heterocycles. The average Bonchev–Trinajstić information content (AvgIpc) is 3.13. The summed E-state index contributed by atoms with van der Waals surface area (Å²) in [6.07, 6.45) is 5.15. The first-order chi connectivity index (χ1) is 13.6. The van der Waals surface area contributed by atoms with Crippen LogP contribution in [0, 0.1) is 5.92 Å². The largest absolute Gasteiger partial charge is 0.374 e. The molecule has 1 atom stereocenters. The summed E-state index contributed by atoms with van der Waals surface area (Å²) in [6.45, 7) is 16.0. The van der Waals surface area contributed by atoms with Crippen molar-refractivity contribution < 1.29 is 4.74 Å². The molecule has 0 aliphatic carbocycles. The Morgan fingerprint density at radius 1 is 1.31 bits per heavy atom. The van der Waals surface area contributed by atoms with Crippen LogP contribution in [0.5, 0.6) is 0 Å². The molecule has 0 spiro atoms. The molecule has 2 heterocycles. The number of morpholine rings is 1. The molecule has 1 aliphatic heterocycles. The predicted molar refractivity (Wildman–Crippen MR) is 129 cm³/mol. The molecule has 8 nitrogen and oxygen atoms in total. The van der Waals surface area contributed by atoms with Gasteiger partial charge in [-0.05, 0) is 12.3 Å². The van der Waals surface area contributed by atoms with E-state index >= 15 is 0 Å². The van der Waals surface area contributed by atoms with Gasteiger partial charge in [0, 0.05) is 45.7 Å². The third-order valence-electron chi connectivity index (χ3n) is 4.78. The van der Waals surface area contributed by atoms with E-state index in [4.69, 9.17) is 9.73 Å². The monoisotopic (exact) mass is 521 g/mol. The van der Waals surface area contributed by atoms with Gasteiger partial charge >= 0.3 is 0 Å². The van der Waals surface area contributed by atoms with E-state index in [1.54, 1.807) is 6.33 Å². The van der Waals surface area contributed by atoms with E-state index in [1.807, 2.05) is 0 Å². The van der Waals surface area contributed by atoms with Gasteiger partial charge in [-0.15, -0.1) is 34.2 Å². The molecule has 1 unspecified atom stereocenters. The normalized spacial score (nSPS) is 18.0. The summed E-state index contributed by atoms with van der Waals surface area (Å²) in [6, 6.07) is 0. The van der Waals surface area contributed by atoms with Gasteiger partial charge in [0.25, 0.3) is 0 Å². The summed E-state index contributed by atoms with van der Waals surface area (Å²) in [4.78, 5) is 7.29. The number of nitrogens with one attached hydrogen (secondary N) is 2. The first-order valence-electron chi connectivity index (χ1n) is 10.8. The second-order valence-electron chi connectivity index (χ2n) is 7.84. The van der Waals surface area contributed by atoms with Gasteiger partial charge in [0.2, 0.25) is 0 Å². The number of hydrogen-bond donors (Lipinski definition) is 2. The fourth-order valence-electron chi connectivity index (χ4n) is 3.36. The van der Waals surface area contributed by atoms with Crippen LogP contribution in [0.25, 0.3) is 0 Å². The van der Waals surface area contributed by atoms with Gasteiger partial charge in [-0.3, -0.25) is 9.89 Å². The molecule has 1 aromatic heterocycles. The van der Waals surface area contributed by atoms with Crippen molar-refractivity contribution in [1.82, 2.24) is 30.3 Å². The second-order valence-corrected chi connectivity index (χ2v) is 7.84. The van der Waals surface area contributed by atoms with Gasteiger partial charge in [-0.1, -0.05) is 34.1 Å². The van der Waals surface area contributed by atoms with Crippen LogP contribution in [-0.4, -0.2) is 77.6 Å². The Morgan fingerprint density at radius 2 is 2.10 bits per heavy atom. The molecule has 0 amide bonds. The molecule has 2 rings (SSSR count). The van der Waals surface area contributed by atoms with Crippen molar-refractivity contribution in [2.75, 3.05) is 45.9 Å². The van der Waals surface area contributed by atoms with E-state index in [9.17, 15) is 0 Å². The fourth-order valence-corrected chi connectivity index (χ4v) is 3.36. The first kappa shape index (κ1) is 26.1. The number of halogens is 1. The highest BCUT2D eigenvalue weighted by molar-refractivity contribution is 14.0. The molecule has 2 N–H and O–H groups in total. The lowest BCUT2D eigenvalue weighted by atomic mass is 10.2. The molecule has 0 aromatic carbocycles. The van der Waals surface area contributed by atoms with Crippen molar-refractivity contribution in [3.05, 3.63) is 12.2 Å². The van der Waals surface area contributed by atoms with Crippen LogP contribution in [0.2, 0.25) is 0 Å². The van der Waals surface area contributed by atoms with E-state index in [-0.39, 0.29) is 30.1 Å². The summed E-state index contributed by atoms with van der Waals surface area (Å²) in [5.74, 6) is 2.56. The van der Waals surface area contributed by atoms with Crippen molar-refractivity contribution in [1.29, 1.82) is 0 Å². The van der Waals surface area contributed by atoms with Gasteiger partial charge in [0.1, 0.15) is 12.2 Å². The Kier molecular flexibility index (Phi) is 13.5. The van der Waals surface area contributed by atoms with Crippen LogP contribution >= 0.6 is 24.0 Å². The molecular formula is C20H40IN7O. The number of hydrogen-bond acceptors (Lipinski definition) is 5. The Hall–Kier alpha value is -0.940. The minimum atomic E-state index is 0. The summed E-state index contributed by atoms with van der Waals surface area (Å²) in [7, 11) is 0. The van der Waals surface area contributed by atoms with Crippen LogP contribution in [0.4, 0.5) is 0 Å². The molecule has 1 fully saturated rings. The molecule has 0 saturated carbocycles. The lowest BCUT2D eigenvalue weighted by Crippen LogP contribution is -2.46. The van der Waals surface area contributed by atoms with Gasteiger partial charge in [-0.2, -0.15) is 0 Å². The predicted octanol–water partition coefficient (Wildman–Crippen LogP) is 2.15. The zero-order valence-corrected chi connectivity index (χ0v) is 20.9. The standard InChI is InChI=1S/C20H39N7O.HI/c1-5-7-8-21-20(22-9-10-27-16-24-25-19(27)6-2)23-13-18-15-26(11-12-28-18)14-17(3)4;/h16-18H,5-15H2,1-4H3,(H2,21,22,23);1H. The smallest absolute Gasteiger partial charge is 0.191 e. The highest BCUT2D eigenvalue weighted by Crippen LogP contribution is 2.08. The van der Waals surface area contributed by atoms with Gasteiger partial charge in [0.05, 0.1) is 19.3 Å². The third kappa shape index (κ3) is 10.1. The van der Waals surface area contributed by atoms with E-state index in [0.717, 1.165) is 76.9 Å². The summed E-state index contributed by atoms with van der Waals surface area (Å²) >= 11 is 0. The van der Waals surface area contributed by atoms with Crippen molar-refractivity contribution in [3.8, 4) is 0 Å². The molecule has 1 aliphatic rings. The maximum atomic E-state index is 5.93. The SMILES string of the molecule is CCCCNC(=NCC1CN(CC(C)C)CCO1)NCCn1cnnc1CC.I. The number of guanidine groups is 1. The Labute approximate surface area is 193 Å². The molecule has 0 radical (unpaired) electrons. The van der Waals surface area contributed by atoms with Crippen LogP contribution in [0.3, 0.4) is 0 Å². The average molecular weight is 521 g/mol. The van der Waals surface area contributed by atoms with Gasteiger partial charge in [0.15, 0.2) is 5.96 Å². The molecule has 0 bridgehead atoms. The van der Waals surface area contributed by atoms with E-state index in [0.29, 0.717) is 12.5 Å². The van der Waals surface area contributed by atoms with Crippen LogP contribution in [0.1, 0.15) is 46.4 Å². The lowest BCUT2D eigenvalue weighted by molar-refractivity contribution is -0.0261. The summed E-state index contributed by atoms with van der Waals surface area (Å²) in [5, 5.41) is 15.0. The number of nitrogens with zero attached hydrogens (tertiary/aromatic N) is 5. The minimum Gasteiger partial charge on any atom is -0.374 e. The van der Waals surface area contributed by atoms with Crippen molar-refractivity contribution in [3.63, 3.8) is 0 Å². The van der Waals surface area contributed by atoms with Crippen molar-refractivity contribution in [2.45, 2.75) is 59.6 Å².